The van der Waals surface area contributed by atoms with Crippen molar-refractivity contribution in [2.24, 2.45) is 11.7 Å². The Morgan fingerprint density at radius 1 is 1.15 bits per heavy atom. The smallest absolute Gasteiger partial charge is 0.326 e. The minimum absolute atomic E-state index is 0.0302. The number of hydrogen-bond donors (Lipinski definition) is 5. The minimum Gasteiger partial charge on any atom is -0.480 e. The van der Waals surface area contributed by atoms with E-state index in [0.29, 0.717) is 12.8 Å². The van der Waals surface area contributed by atoms with E-state index in [9.17, 15) is 19.5 Å². The molecule has 26 heavy (non-hydrogen) atoms. The van der Waals surface area contributed by atoms with Crippen molar-refractivity contribution in [1.29, 1.82) is 0 Å². The largest absolute Gasteiger partial charge is 0.480 e. The Hall–Kier alpha value is -2.06. The molecule has 0 fully saturated rings. The van der Waals surface area contributed by atoms with Crippen LogP contribution in [0.25, 0.3) is 0 Å². The maximum absolute atomic E-state index is 12.3. The molecule has 0 aliphatic rings. The predicted molar refractivity (Wildman–Crippen MR) is 103 cm³/mol. The average Bonchev–Trinajstić information content (AvgIpc) is 2.63. The standard InChI is InChI=1S/C18H27N3O4S/c1-3-11(2)15(18(24)25)21-17(23)14(10-26)20-16(22)13(19)9-12-7-5-4-6-8-12/h4-8,11,13-15,26H,3,9-10,19H2,1-2H3,(H,20,22)(H,21,23)(H,24,25)/t11-,13-,14-,15-/m0/s1. The number of thiol groups is 1. The van der Waals surface area contributed by atoms with Crippen molar-refractivity contribution in [3.05, 3.63) is 35.9 Å². The molecule has 0 aromatic heterocycles. The minimum atomic E-state index is -1.11. The van der Waals surface area contributed by atoms with Crippen LogP contribution in [0.4, 0.5) is 0 Å². The molecule has 0 bridgehead atoms. The number of hydrogen-bond acceptors (Lipinski definition) is 5. The summed E-state index contributed by atoms with van der Waals surface area (Å²) < 4.78 is 0. The Morgan fingerprint density at radius 2 is 1.77 bits per heavy atom. The molecule has 0 unspecified atom stereocenters. The molecule has 0 heterocycles. The first-order valence-corrected chi connectivity index (χ1v) is 9.17. The van der Waals surface area contributed by atoms with Gasteiger partial charge in [-0.3, -0.25) is 9.59 Å². The highest BCUT2D eigenvalue weighted by Crippen LogP contribution is 2.08. The first kappa shape index (κ1) is 22.0. The fraction of sp³-hybridized carbons (Fsp3) is 0.500. The van der Waals surface area contributed by atoms with Crippen molar-refractivity contribution >= 4 is 30.4 Å². The summed E-state index contributed by atoms with van der Waals surface area (Å²) in [6, 6.07) is 6.49. The van der Waals surface area contributed by atoms with E-state index in [1.807, 2.05) is 37.3 Å². The second-order valence-corrected chi connectivity index (χ2v) is 6.62. The highest BCUT2D eigenvalue weighted by atomic mass is 32.1. The van der Waals surface area contributed by atoms with Gasteiger partial charge in [-0.05, 0) is 17.9 Å². The first-order valence-electron chi connectivity index (χ1n) is 8.54. The summed E-state index contributed by atoms with van der Waals surface area (Å²) in [5.41, 5.74) is 6.82. The monoisotopic (exact) mass is 381 g/mol. The fourth-order valence-corrected chi connectivity index (χ4v) is 2.63. The summed E-state index contributed by atoms with van der Waals surface area (Å²) in [5.74, 6) is -2.40. The van der Waals surface area contributed by atoms with Crippen molar-refractivity contribution < 1.29 is 19.5 Å². The van der Waals surface area contributed by atoms with Gasteiger partial charge >= 0.3 is 5.97 Å². The van der Waals surface area contributed by atoms with Gasteiger partial charge in [-0.15, -0.1) is 0 Å². The van der Waals surface area contributed by atoms with Gasteiger partial charge in [0, 0.05) is 5.75 Å². The number of nitrogens with two attached hydrogens (primary N) is 1. The lowest BCUT2D eigenvalue weighted by Crippen LogP contribution is -2.56. The molecule has 5 N–H and O–H groups in total. The van der Waals surface area contributed by atoms with E-state index in [0.717, 1.165) is 5.56 Å². The van der Waals surface area contributed by atoms with E-state index in [4.69, 9.17) is 5.73 Å². The third-order valence-electron chi connectivity index (χ3n) is 4.23. The number of rotatable bonds is 10. The number of carboxylic acid groups (broad SMARTS) is 1. The Balaban J connectivity index is 2.67. The van der Waals surface area contributed by atoms with Crippen LogP contribution in [0.2, 0.25) is 0 Å². The number of carbonyl (C=O) groups excluding carboxylic acids is 2. The Kier molecular flexibility index (Phi) is 9.15. The van der Waals surface area contributed by atoms with Crippen LogP contribution in [0.3, 0.4) is 0 Å². The van der Waals surface area contributed by atoms with Gasteiger partial charge in [-0.2, -0.15) is 12.6 Å². The highest BCUT2D eigenvalue weighted by molar-refractivity contribution is 7.80. The molecule has 7 nitrogen and oxygen atoms in total. The van der Waals surface area contributed by atoms with E-state index < -0.39 is 35.9 Å². The number of carboxylic acids is 1. The quantitative estimate of drug-likeness (QED) is 0.380. The second-order valence-electron chi connectivity index (χ2n) is 6.25. The third kappa shape index (κ3) is 6.68. The van der Waals surface area contributed by atoms with Crippen molar-refractivity contribution in [2.75, 3.05) is 5.75 Å². The molecule has 0 aliphatic carbocycles. The molecular formula is C18H27N3O4S. The Labute approximate surface area is 159 Å². The topological polar surface area (TPSA) is 122 Å². The lowest BCUT2D eigenvalue weighted by atomic mass is 9.99. The van der Waals surface area contributed by atoms with E-state index in [1.54, 1.807) is 6.92 Å². The summed E-state index contributed by atoms with van der Waals surface area (Å²) >= 11 is 4.08. The lowest BCUT2D eigenvalue weighted by Gasteiger charge is -2.24. The Morgan fingerprint density at radius 3 is 2.27 bits per heavy atom. The van der Waals surface area contributed by atoms with Crippen molar-refractivity contribution in [1.82, 2.24) is 10.6 Å². The summed E-state index contributed by atoms with van der Waals surface area (Å²) in [4.78, 5) is 36.0. The van der Waals surface area contributed by atoms with E-state index >= 15 is 0 Å². The summed E-state index contributed by atoms with van der Waals surface area (Å²) in [5, 5.41) is 14.3. The van der Waals surface area contributed by atoms with Crippen molar-refractivity contribution in [3.63, 3.8) is 0 Å². The maximum Gasteiger partial charge on any atom is 0.326 e. The van der Waals surface area contributed by atoms with Gasteiger partial charge in [-0.25, -0.2) is 4.79 Å². The number of carbonyl (C=O) groups is 3. The zero-order valence-electron chi connectivity index (χ0n) is 15.0. The SMILES string of the molecule is CC[C@H](C)[C@H](NC(=O)[C@H](CS)NC(=O)[C@@H](N)Cc1ccccc1)C(=O)O. The molecule has 144 valence electrons. The van der Waals surface area contributed by atoms with Gasteiger partial charge in [0.1, 0.15) is 12.1 Å². The van der Waals surface area contributed by atoms with Gasteiger partial charge < -0.3 is 21.5 Å². The van der Waals surface area contributed by atoms with Crippen LogP contribution in [-0.4, -0.2) is 46.8 Å². The number of aliphatic carboxylic acids is 1. The van der Waals surface area contributed by atoms with Gasteiger partial charge in [0.15, 0.2) is 0 Å². The van der Waals surface area contributed by atoms with Gasteiger partial charge in [-0.1, -0.05) is 50.6 Å². The van der Waals surface area contributed by atoms with Crippen molar-refractivity contribution in [3.8, 4) is 0 Å². The molecule has 0 saturated heterocycles. The molecular weight excluding hydrogens is 354 g/mol. The molecule has 4 atom stereocenters. The molecule has 0 radical (unpaired) electrons. The van der Waals surface area contributed by atoms with E-state index in [-0.39, 0.29) is 11.7 Å². The van der Waals surface area contributed by atoms with Crippen LogP contribution >= 0.6 is 12.6 Å². The molecule has 0 aliphatic heterocycles. The van der Waals surface area contributed by atoms with Gasteiger partial charge in [0.25, 0.3) is 0 Å². The fourth-order valence-electron chi connectivity index (χ4n) is 2.37. The summed E-state index contributed by atoms with van der Waals surface area (Å²) in [7, 11) is 0. The van der Waals surface area contributed by atoms with Gasteiger partial charge in [0.2, 0.25) is 11.8 Å². The molecule has 1 aromatic rings. The lowest BCUT2D eigenvalue weighted by molar-refractivity contribution is -0.143. The molecule has 1 rings (SSSR count). The summed E-state index contributed by atoms with van der Waals surface area (Å²) in [6.45, 7) is 3.58. The summed E-state index contributed by atoms with van der Waals surface area (Å²) in [6.07, 6.45) is 0.926. The maximum atomic E-state index is 12.3. The van der Waals surface area contributed by atoms with Crippen LogP contribution in [0.5, 0.6) is 0 Å². The highest BCUT2D eigenvalue weighted by Gasteiger charge is 2.29. The van der Waals surface area contributed by atoms with Crippen LogP contribution in [-0.2, 0) is 20.8 Å². The third-order valence-corrected chi connectivity index (χ3v) is 4.59. The van der Waals surface area contributed by atoms with Crippen molar-refractivity contribution in [2.45, 2.75) is 44.8 Å². The first-order chi connectivity index (χ1) is 12.3. The zero-order valence-corrected chi connectivity index (χ0v) is 15.9. The average molecular weight is 381 g/mol. The van der Waals surface area contributed by atoms with Crippen LogP contribution in [0.1, 0.15) is 25.8 Å². The number of amides is 2. The molecule has 1 aromatic carbocycles. The van der Waals surface area contributed by atoms with E-state index in [2.05, 4.69) is 23.3 Å². The van der Waals surface area contributed by atoms with E-state index in [1.165, 1.54) is 0 Å². The zero-order chi connectivity index (χ0) is 19.7. The predicted octanol–water partition coefficient (Wildman–Crippen LogP) is 0.587. The number of benzene rings is 1. The van der Waals surface area contributed by atoms with Crippen LogP contribution in [0, 0.1) is 5.92 Å². The Bertz CT molecular complexity index is 612. The second kappa shape index (κ2) is 10.8. The normalized spacial score (nSPS) is 15.4. The molecule has 8 heteroatoms. The molecule has 0 saturated carbocycles. The van der Waals surface area contributed by atoms with Gasteiger partial charge in [0.05, 0.1) is 6.04 Å². The van der Waals surface area contributed by atoms with Crippen LogP contribution in [0.15, 0.2) is 30.3 Å². The van der Waals surface area contributed by atoms with Crippen LogP contribution < -0.4 is 16.4 Å². The number of nitrogens with one attached hydrogen (secondary N) is 2. The molecule has 0 spiro atoms. The molecule has 2 amide bonds.